The monoisotopic (exact) mass is 395 g/mol. The highest BCUT2D eigenvalue weighted by atomic mass is 127. The Labute approximate surface area is 140 Å². The van der Waals surface area contributed by atoms with Crippen LogP contribution in [0.1, 0.15) is 47.0 Å². The molecule has 0 radical (unpaired) electrons. The summed E-state index contributed by atoms with van der Waals surface area (Å²) in [5, 5.41) is 6.99. The van der Waals surface area contributed by atoms with Crippen LogP contribution in [-0.2, 0) is 4.74 Å². The first kappa shape index (κ1) is 18.0. The van der Waals surface area contributed by atoms with E-state index in [1.807, 2.05) is 0 Å². The second kappa shape index (κ2) is 7.82. The highest BCUT2D eigenvalue weighted by Crippen LogP contribution is 2.51. The summed E-state index contributed by atoms with van der Waals surface area (Å²) >= 11 is 0. The molecule has 1 aliphatic heterocycles. The molecule has 0 bridgehead atoms. The van der Waals surface area contributed by atoms with E-state index in [9.17, 15) is 0 Å². The number of rotatable bonds is 4. The molecule has 2 N–H and O–H groups in total. The van der Waals surface area contributed by atoms with E-state index in [2.05, 4.69) is 43.3 Å². The maximum atomic E-state index is 5.94. The van der Waals surface area contributed by atoms with Crippen LogP contribution in [0, 0.1) is 11.3 Å². The zero-order valence-corrected chi connectivity index (χ0v) is 15.6. The lowest BCUT2D eigenvalue weighted by molar-refractivity contribution is -0.188. The van der Waals surface area contributed by atoms with Gasteiger partial charge < -0.3 is 15.4 Å². The van der Waals surface area contributed by atoms with Crippen molar-refractivity contribution in [2.24, 2.45) is 16.3 Å². The molecule has 1 heterocycles. The van der Waals surface area contributed by atoms with E-state index < -0.39 is 0 Å². The Kier molecular flexibility index (Phi) is 7.04. The summed E-state index contributed by atoms with van der Waals surface area (Å²) in [5.74, 6) is 1.61. The summed E-state index contributed by atoms with van der Waals surface area (Å²) in [6.45, 7) is 11.6. The van der Waals surface area contributed by atoms with E-state index in [4.69, 9.17) is 4.74 Å². The predicted molar refractivity (Wildman–Crippen MR) is 94.9 cm³/mol. The molecule has 3 atom stereocenters. The molecular formula is C15H30IN3O. The third-order valence-electron chi connectivity index (χ3n) is 4.46. The van der Waals surface area contributed by atoms with E-state index in [0.717, 1.165) is 32.1 Å². The molecule has 1 aliphatic carbocycles. The van der Waals surface area contributed by atoms with E-state index >= 15 is 0 Å². The third-order valence-corrected chi connectivity index (χ3v) is 4.46. The molecule has 1 saturated heterocycles. The molecule has 0 aromatic heterocycles. The van der Waals surface area contributed by atoms with Gasteiger partial charge in [0.25, 0.3) is 0 Å². The molecule has 2 fully saturated rings. The molecular weight excluding hydrogens is 365 g/mol. The van der Waals surface area contributed by atoms with E-state index in [-0.39, 0.29) is 29.4 Å². The van der Waals surface area contributed by atoms with Gasteiger partial charge in [-0.25, -0.2) is 0 Å². The molecule has 0 aromatic carbocycles. The topological polar surface area (TPSA) is 45.7 Å². The number of guanidine groups is 1. The van der Waals surface area contributed by atoms with Gasteiger partial charge >= 0.3 is 0 Å². The summed E-state index contributed by atoms with van der Waals surface area (Å²) in [5.41, 5.74) is 0.202. The fourth-order valence-corrected chi connectivity index (χ4v) is 3.51. The van der Waals surface area contributed by atoms with Crippen molar-refractivity contribution in [2.45, 2.75) is 59.1 Å². The standard InChI is InChI=1S/C15H29N3O.HI/c1-5-9-17-14(16-6-2)18-12-11-8-7-10-19-13(11)15(12,3)4;/h11-13H,5-10H2,1-4H3,(H2,16,17,18);1H. The van der Waals surface area contributed by atoms with Gasteiger partial charge in [-0.1, -0.05) is 20.8 Å². The normalized spacial score (nSPS) is 31.6. The third kappa shape index (κ3) is 3.59. The zero-order chi connectivity index (χ0) is 13.9. The van der Waals surface area contributed by atoms with Crippen molar-refractivity contribution >= 4 is 29.9 Å². The largest absolute Gasteiger partial charge is 0.377 e. The van der Waals surface area contributed by atoms with Crippen molar-refractivity contribution in [3.63, 3.8) is 0 Å². The number of hydrogen-bond acceptors (Lipinski definition) is 2. The second-order valence-electron chi connectivity index (χ2n) is 6.30. The molecule has 0 spiro atoms. The number of nitrogens with zero attached hydrogens (tertiary/aromatic N) is 1. The van der Waals surface area contributed by atoms with Gasteiger partial charge in [0.15, 0.2) is 5.96 Å². The van der Waals surface area contributed by atoms with Crippen molar-refractivity contribution in [1.82, 2.24) is 10.6 Å². The second-order valence-corrected chi connectivity index (χ2v) is 6.30. The Bertz CT molecular complexity index is 333. The fourth-order valence-electron chi connectivity index (χ4n) is 3.51. The van der Waals surface area contributed by atoms with Crippen LogP contribution >= 0.6 is 24.0 Å². The van der Waals surface area contributed by atoms with Gasteiger partial charge in [-0.05, 0) is 26.2 Å². The number of hydrogen-bond donors (Lipinski definition) is 2. The highest BCUT2D eigenvalue weighted by Gasteiger charge is 2.58. The molecule has 1 saturated carbocycles. The van der Waals surface area contributed by atoms with Crippen molar-refractivity contribution in [3.05, 3.63) is 0 Å². The molecule has 20 heavy (non-hydrogen) atoms. The lowest BCUT2D eigenvalue weighted by Crippen LogP contribution is -2.71. The Morgan fingerprint density at radius 3 is 2.75 bits per heavy atom. The fraction of sp³-hybridized carbons (Fsp3) is 0.933. The Morgan fingerprint density at radius 1 is 1.35 bits per heavy atom. The first-order chi connectivity index (χ1) is 9.11. The summed E-state index contributed by atoms with van der Waals surface area (Å²) in [6.07, 6.45) is 3.98. The minimum Gasteiger partial charge on any atom is -0.377 e. The Hall–Kier alpha value is -0.0400. The van der Waals surface area contributed by atoms with Crippen LogP contribution in [0.5, 0.6) is 0 Å². The van der Waals surface area contributed by atoms with Gasteiger partial charge in [0.05, 0.1) is 6.10 Å². The van der Waals surface area contributed by atoms with Crippen LogP contribution in [0.3, 0.4) is 0 Å². The lowest BCUT2D eigenvalue weighted by Gasteiger charge is -2.60. The zero-order valence-electron chi connectivity index (χ0n) is 13.2. The summed E-state index contributed by atoms with van der Waals surface area (Å²) in [4.78, 5) is 4.61. The van der Waals surface area contributed by atoms with Gasteiger partial charge in [-0.15, -0.1) is 24.0 Å². The average Bonchev–Trinajstić information content (AvgIpc) is 2.41. The highest BCUT2D eigenvalue weighted by molar-refractivity contribution is 14.0. The minimum absolute atomic E-state index is 0. The average molecular weight is 395 g/mol. The van der Waals surface area contributed by atoms with Gasteiger partial charge in [0, 0.05) is 37.1 Å². The van der Waals surface area contributed by atoms with Crippen LogP contribution in [-0.4, -0.2) is 37.8 Å². The first-order valence-corrected chi connectivity index (χ1v) is 7.77. The summed E-state index contributed by atoms with van der Waals surface area (Å²) in [6, 6.07) is 0.479. The maximum Gasteiger partial charge on any atom is 0.191 e. The maximum absolute atomic E-state index is 5.94. The van der Waals surface area contributed by atoms with Gasteiger partial charge in [-0.2, -0.15) is 0 Å². The number of fused-ring (bicyclic) bond motifs is 1. The van der Waals surface area contributed by atoms with Crippen molar-refractivity contribution in [2.75, 3.05) is 19.7 Å². The molecule has 2 aliphatic rings. The smallest absolute Gasteiger partial charge is 0.191 e. The van der Waals surface area contributed by atoms with Crippen LogP contribution in [0.25, 0.3) is 0 Å². The number of nitrogens with one attached hydrogen (secondary N) is 2. The molecule has 2 rings (SSSR count). The van der Waals surface area contributed by atoms with Crippen molar-refractivity contribution in [3.8, 4) is 0 Å². The van der Waals surface area contributed by atoms with Gasteiger partial charge in [-0.3, -0.25) is 4.99 Å². The van der Waals surface area contributed by atoms with E-state index in [1.165, 1.54) is 12.8 Å². The number of aliphatic imine (C=N–C) groups is 1. The summed E-state index contributed by atoms with van der Waals surface area (Å²) in [7, 11) is 0. The molecule has 5 heteroatoms. The van der Waals surface area contributed by atoms with Crippen molar-refractivity contribution < 1.29 is 4.74 Å². The van der Waals surface area contributed by atoms with Crippen molar-refractivity contribution in [1.29, 1.82) is 0 Å². The van der Waals surface area contributed by atoms with Crippen LogP contribution in [0.15, 0.2) is 4.99 Å². The van der Waals surface area contributed by atoms with Crippen LogP contribution in [0.4, 0.5) is 0 Å². The quantitative estimate of drug-likeness (QED) is 0.437. The Balaban J connectivity index is 0.00000200. The van der Waals surface area contributed by atoms with Crippen LogP contribution in [0.2, 0.25) is 0 Å². The Morgan fingerprint density at radius 2 is 2.10 bits per heavy atom. The first-order valence-electron chi connectivity index (χ1n) is 7.77. The number of ether oxygens (including phenoxy) is 1. The summed E-state index contributed by atoms with van der Waals surface area (Å²) < 4.78 is 5.94. The molecule has 0 aromatic rings. The SMILES string of the molecule is CCCN=C(NCC)NC1C2CCCOC2C1(C)C.I. The molecule has 3 unspecified atom stereocenters. The van der Waals surface area contributed by atoms with E-state index in [0.29, 0.717) is 18.1 Å². The molecule has 0 amide bonds. The lowest BCUT2D eigenvalue weighted by atomic mass is 9.55. The number of halogens is 1. The molecule has 4 nitrogen and oxygen atoms in total. The predicted octanol–water partition coefficient (Wildman–Crippen LogP) is 2.77. The minimum atomic E-state index is 0. The van der Waals surface area contributed by atoms with E-state index in [1.54, 1.807) is 0 Å². The van der Waals surface area contributed by atoms with Crippen LogP contribution < -0.4 is 10.6 Å². The van der Waals surface area contributed by atoms with Gasteiger partial charge in [0.2, 0.25) is 0 Å². The van der Waals surface area contributed by atoms with Gasteiger partial charge in [0.1, 0.15) is 0 Å². The molecule has 118 valence electrons.